The number of aryl methyl sites for hydroxylation is 1. The first kappa shape index (κ1) is 21.8. The Balaban J connectivity index is 1.65. The molecule has 2 heterocycles. The van der Waals surface area contributed by atoms with Crippen molar-refractivity contribution in [1.82, 2.24) is 14.9 Å². The van der Waals surface area contributed by atoms with Crippen LogP contribution < -0.4 is 4.90 Å². The number of nitrogens with zero attached hydrogens (tertiary/aromatic N) is 3. The van der Waals surface area contributed by atoms with Gasteiger partial charge in [-0.25, -0.2) is 4.98 Å². The quantitative estimate of drug-likeness (QED) is 0.555. The van der Waals surface area contributed by atoms with Crippen LogP contribution in [-0.4, -0.2) is 52.9 Å². The molecule has 0 radical (unpaired) electrons. The van der Waals surface area contributed by atoms with E-state index in [1.165, 1.54) is 5.56 Å². The van der Waals surface area contributed by atoms with Gasteiger partial charge in [-0.3, -0.25) is 9.69 Å². The maximum Gasteiger partial charge on any atom is 0.207 e. The first-order valence-electron chi connectivity index (χ1n) is 11.0. The molecule has 1 N–H and O–H groups in total. The Hall–Kier alpha value is -2.37. The van der Waals surface area contributed by atoms with Crippen molar-refractivity contribution in [2.45, 2.75) is 46.1 Å². The van der Waals surface area contributed by atoms with Gasteiger partial charge in [-0.1, -0.05) is 48.4 Å². The smallest absolute Gasteiger partial charge is 0.207 e. The van der Waals surface area contributed by atoms with Crippen LogP contribution in [0.4, 0.5) is 5.69 Å². The molecule has 0 aliphatic carbocycles. The molecule has 2 aromatic carbocycles. The number of aromatic amines is 1. The molecule has 1 aliphatic heterocycles. The fraction of sp³-hybridized carbons (Fsp3) is 0.440. The van der Waals surface area contributed by atoms with Crippen LogP contribution in [0.5, 0.6) is 0 Å². The predicted molar refractivity (Wildman–Crippen MR) is 129 cm³/mol. The number of aromatic nitrogens is 2. The van der Waals surface area contributed by atoms with E-state index in [2.05, 4.69) is 33.6 Å². The monoisotopic (exact) mass is 438 g/mol. The van der Waals surface area contributed by atoms with Gasteiger partial charge in [0.2, 0.25) is 5.78 Å². The van der Waals surface area contributed by atoms with Crippen LogP contribution in [0.2, 0.25) is 5.02 Å². The van der Waals surface area contributed by atoms with Crippen molar-refractivity contribution in [3.8, 4) is 0 Å². The van der Waals surface area contributed by atoms with E-state index in [-0.39, 0.29) is 5.78 Å². The topological polar surface area (TPSA) is 52.2 Å². The van der Waals surface area contributed by atoms with E-state index in [4.69, 9.17) is 11.6 Å². The van der Waals surface area contributed by atoms with Crippen LogP contribution in [-0.2, 0) is 5.41 Å². The highest BCUT2D eigenvalue weighted by Crippen LogP contribution is 2.34. The maximum absolute atomic E-state index is 13.4. The molecule has 0 unspecified atom stereocenters. The van der Waals surface area contributed by atoms with Crippen molar-refractivity contribution in [3.05, 3.63) is 58.4 Å². The molecular formula is C25H31ClN4O. The highest BCUT2D eigenvalue weighted by molar-refractivity contribution is 6.34. The summed E-state index contributed by atoms with van der Waals surface area (Å²) in [6, 6.07) is 12.4. The number of benzene rings is 2. The number of rotatable bonds is 5. The Morgan fingerprint density at radius 1 is 1.23 bits per heavy atom. The Labute approximate surface area is 189 Å². The lowest BCUT2D eigenvalue weighted by Gasteiger charge is -2.41. The second-order valence-electron chi connectivity index (χ2n) is 9.16. The van der Waals surface area contributed by atoms with Crippen molar-refractivity contribution in [2.24, 2.45) is 0 Å². The van der Waals surface area contributed by atoms with Gasteiger partial charge < -0.3 is 9.88 Å². The molecule has 164 valence electrons. The van der Waals surface area contributed by atoms with Gasteiger partial charge in [0, 0.05) is 25.7 Å². The first-order chi connectivity index (χ1) is 14.7. The number of ketones is 1. The van der Waals surface area contributed by atoms with Crippen LogP contribution in [0.25, 0.3) is 11.0 Å². The number of halogens is 1. The molecule has 3 aromatic rings. The summed E-state index contributed by atoms with van der Waals surface area (Å²) in [7, 11) is 0. The number of hydrogen-bond acceptors (Lipinski definition) is 4. The van der Waals surface area contributed by atoms with Gasteiger partial charge in [0.15, 0.2) is 5.82 Å². The Morgan fingerprint density at radius 3 is 2.58 bits per heavy atom. The molecule has 4 rings (SSSR count). The minimum absolute atomic E-state index is 0.0323. The number of carbonyl (C=O) groups is 1. The van der Waals surface area contributed by atoms with Gasteiger partial charge in [0.1, 0.15) is 0 Å². The Kier molecular flexibility index (Phi) is 5.84. The normalized spacial score (nSPS) is 18.0. The van der Waals surface area contributed by atoms with Crippen LogP contribution in [0.1, 0.15) is 49.4 Å². The lowest BCUT2D eigenvalue weighted by molar-refractivity contribution is 0.0899. The molecule has 6 heteroatoms. The second kappa shape index (κ2) is 8.29. The van der Waals surface area contributed by atoms with E-state index in [0.717, 1.165) is 48.5 Å². The van der Waals surface area contributed by atoms with Crippen molar-refractivity contribution >= 4 is 34.1 Å². The van der Waals surface area contributed by atoms with Crippen LogP contribution >= 0.6 is 11.6 Å². The van der Waals surface area contributed by atoms with E-state index in [0.29, 0.717) is 16.9 Å². The molecule has 0 bridgehead atoms. The van der Waals surface area contributed by atoms with Crippen molar-refractivity contribution in [3.63, 3.8) is 0 Å². The number of likely N-dealkylation sites (N-methyl/N-ethyl adjacent to an activating group) is 1. The standard InChI is InChI=1S/C25H31ClN4O/c1-6-29-11-12-30(17(3)15-29)22-14-21-20(13-19(22)26)27-24(28-21)23(31)25(4,5)18-9-7-16(2)8-10-18/h7-10,13-14,17H,6,11-12,15H2,1-5H3,(H,27,28)/t17-/m1/s1. The molecule has 1 aromatic heterocycles. The zero-order valence-electron chi connectivity index (χ0n) is 19.0. The number of fused-ring (bicyclic) bond motifs is 1. The van der Waals surface area contributed by atoms with E-state index in [1.807, 2.05) is 57.2 Å². The average Bonchev–Trinajstić information content (AvgIpc) is 3.15. The van der Waals surface area contributed by atoms with E-state index < -0.39 is 5.41 Å². The summed E-state index contributed by atoms with van der Waals surface area (Å²) in [5, 5.41) is 0.685. The van der Waals surface area contributed by atoms with Gasteiger partial charge in [-0.15, -0.1) is 0 Å². The number of nitrogens with one attached hydrogen (secondary N) is 1. The zero-order chi connectivity index (χ0) is 22.3. The van der Waals surface area contributed by atoms with Crippen LogP contribution in [0.15, 0.2) is 36.4 Å². The summed E-state index contributed by atoms with van der Waals surface area (Å²) in [6.07, 6.45) is 0. The molecular weight excluding hydrogens is 408 g/mol. The molecule has 1 atom stereocenters. The second-order valence-corrected chi connectivity index (χ2v) is 9.57. The minimum atomic E-state index is -0.681. The number of H-pyrrole nitrogens is 1. The number of carbonyl (C=O) groups excluding carboxylic acids is 1. The number of anilines is 1. The van der Waals surface area contributed by atoms with Gasteiger partial charge in [-0.05, 0) is 51.9 Å². The molecule has 1 fully saturated rings. The highest BCUT2D eigenvalue weighted by atomic mass is 35.5. The summed E-state index contributed by atoms with van der Waals surface area (Å²) in [5.74, 6) is 0.341. The summed E-state index contributed by atoms with van der Waals surface area (Å²) < 4.78 is 0. The predicted octanol–water partition coefficient (Wildman–Crippen LogP) is 5.22. The lowest BCUT2D eigenvalue weighted by Crippen LogP contribution is -2.51. The summed E-state index contributed by atoms with van der Waals surface area (Å²) in [5.41, 5.74) is 4.01. The number of hydrogen-bond donors (Lipinski definition) is 1. The van der Waals surface area contributed by atoms with Crippen LogP contribution in [0, 0.1) is 6.92 Å². The molecule has 31 heavy (non-hydrogen) atoms. The van der Waals surface area contributed by atoms with Gasteiger partial charge in [0.25, 0.3) is 0 Å². The third-order valence-corrected chi connectivity index (χ3v) is 6.88. The fourth-order valence-corrected chi connectivity index (χ4v) is 4.69. The first-order valence-corrected chi connectivity index (χ1v) is 11.4. The van der Waals surface area contributed by atoms with Gasteiger partial charge in [-0.2, -0.15) is 0 Å². The Morgan fingerprint density at radius 2 is 1.94 bits per heavy atom. The largest absolute Gasteiger partial charge is 0.365 e. The number of imidazole rings is 1. The van der Waals surface area contributed by atoms with Crippen LogP contribution in [0.3, 0.4) is 0 Å². The molecule has 0 spiro atoms. The fourth-order valence-electron chi connectivity index (χ4n) is 4.42. The van der Waals surface area contributed by atoms with Crippen molar-refractivity contribution in [2.75, 3.05) is 31.1 Å². The molecule has 5 nitrogen and oxygen atoms in total. The summed E-state index contributed by atoms with van der Waals surface area (Å²) in [4.78, 5) is 26.1. The highest BCUT2D eigenvalue weighted by Gasteiger charge is 2.33. The van der Waals surface area contributed by atoms with Gasteiger partial charge in [0.05, 0.1) is 27.2 Å². The molecule has 1 saturated heterocycles. The van der Waals surface area contributed by atoms with Crippen molar-refractivity contribution in [1.29, 1.82) is 0 Å². The Bertz CT molecular complexity index is 1100. The molecule has 1 aliphatic rings. The average molecular weight is 439 g/mol. The zero-order valence-corrected chi connectivity index (χ0v) is 19.8. The minimum Gasteiger partial charge on any atom is -0.365 e. The maximum atomic E-state index is 13.4. The third kappa shape index (κ3) is 4.09. The van der Waals surface area contributed by atoms with E-state index in [9.17, 15) is 4.79 Å². The molecule has 0 amide bonds. The van der Waals surface area contributed by atoms with Crippen molar-refractivity contribution < 1.29 is 4.79 Å². The molecule has 0 saturated carbocycles. The summed E-state index contributed by atoms with van der Waals surface area (Å²) >= 11 is 6.67. The number of Topliss-reactive ketones (excluding diaryl/α,β-unsaturated/α-hetero) is 1. The third-order valence-electron chi connectivity index (χ3n) is 6.57. The lowest BCUT2D eigenvalue weighted by atomic mass is 9.80. The van der Waals surface area contributed by atoms with E-state index in [1.54, 1.807) is 0 Å². The van der Waals surface area contributed by atoms with E-state index >= 15 is 0 Å². The number of piperazine rings is 1. The van der Waals surface area contributed by atoms with Gasteiger partial charge >= 0.3 is 0 Å². The SMILES string of the molecule is CCN1CCN(c2cc3nc(C(=O)C(C)(C)c4ccc(C)cc4)[nH]c3cc2Cl)[C@H](C)C1. The summed E-state index contributed by atoms with van der Waals surface area (Å²) in [6.45, 7) is 14.4.